The summed E-state index contributed by atoms with van der Waals surface area (Å²) in [6.45, 7) is 0. The summed E-state index contributed by atoms with van der Waals surface area (Å²) in [6, 6.07) is 14.7. The van der Waals surface area contributed by atoms with Gasteiger partial charge >= 0.3 is 0 Å². The van der Waals surface area contributed by atoms with E-state index in [4.69, 9.17) is 4.74 Å². The van der Waals surface area contributed by atoms with Gasteiger partial charge in [-0.2, -0.15) is 0 Å². The van der Waals surface area contributed by atoms with E-state index < -0.39 is 0 Å². The van der Waals surface area contributed by atoms with Crippen LogP contribution < -0.4 is 9.80 Å². The van der Waals surface area contributed by atoms with E-state index in [2.05, 4.69) is 0 Å². The Balaban J connectivity index is 2.20. The lowest BCUT2D eigenvalue weighted by Gasteiger charge is -2.27. The highest BCUT2D eigenvalue weighted by atomic mass is 16.5. The van der Waals surface area contributed by atoms with Crippen molar-refractivity contribution < 1.29 is 9.94 Å². The van der Waals surface area contributed by atoms with Crippen molar-refractivity contribution in [3.05, 3.63) is 48.5 Å². The molecule has 0 spiro atoms. The Bertz CT molecular complexity index is 465. The van der Waals surface area contributed by atoms with Gasteiger partial charge in [0, 0.05) is 0 Å². The van der Waals surface area contributed by atoms with Crippen LogP contribution in [0.3, 0.4) is 0 Å². The summed E-state index contributed by atoms with van der Waals surface area (Å²) in [6.07, 6.45) is 0. The molecule has 0 unspecified atom stereocenters. The first-order chi connectivity index (χ1) is 7.36. The van der Waals surface area contributed by atoms with Crippen molar-refractivity contribution in [3.63, 3.8) is 0 Å². The monoisotopic (exact) mass is 199 g/mol. The highest BCUT2D eigenvalue weighted by Crippen LogP contribution is 2.44. The predicted octanol–water partition coefficient (Wildman–Crippen LogP) is 3.32. The molecule has 1 aliphatic heterocycles. The van der Waals surface area contributed by atoms with Gasteiger partial charge < -0.3 is 4.74 Å². The smallest absolute Gasteiger partial charge is 0.153 e. The van der Waals surface area contributed by atoms with Gasteiger partial charge in [0.15, 0.2) is 11.5 Å². The number of ether oxygens (including phenoxy) is 1. The summed E-state index contributed by atoms with van der Waals surface area (Å²) in [7, 11) is 0. The fraction of sp³-hybridized carbons (Fsp3) is 0. The lowest BCUT2D eigenvalue weighted by Crippen LogP contribution is -2.15. The number of hydrogen-bond acceptors (Lipinski definition) is 3. The minimum absolute atomic E-state index is 0.663. The Morgan fingerprint density at radius 1 is 0.800 bits per heavy atom. The molecule has 0 saturated heterocycles. The second-order valence-electron chi connectivity index (χ2n) is 3.35. The Hall–Kier alpha value is -2.00. The standard InChI is InChI=1S/C12H9NO2/c14-13-9-5-1-3-7-11(9)15-12-8-4-2-6-10(12)13/h1-8,14H. The van der Waals surface area contributed by atoms with Gasteiger partial charge in [0.2, 0.25) is 0 Å². The van der Waals surface area contributed by atoms with E-state index in [1.54, 1.807) is 0 Å². The summed E-state index contributed by atoms with van der Waals surface area (Å²) in [5, 5.41) is 11.1. The molecule has 0 amide bonds. The molecule has 0 atom stereocenters. The molecular weight excluding hydrogens is 190 g/mol. The van der Waals surface area contributed by atoms with E-state index in [1.165, 1.54) is 0 Å². The van der Waals surface area contributed by atoms with Gasteiger partial charge in [0.05, 0.1) is 0 Å². The van der Waals surface area contributed by atoms with Crippen molar-refractivity contribution in [2.24, 2.45) is 0 Å². The van der Waals surface area contributed by atoms with Gasteiger partial charge in [-0.25, -0.2) is 5.06 Å². The van der Waals surface area contributed by atoms with Crippen molar-refractivity contribution in [2.45, 2.75) is 0 Å². The third kappa shape index (κ3) is 1.17. The minimum atomic E-state index is 0.663. The van der Waals surface area contributed by atoms with Crippen molar-refractivity contribution >= 4 is 11.4 Å². The fourth-order valence-corrected chi connectivity index (χ4v) is 1.69. The Morgan fingerprint density at radius 3 is 1.80 bits per heavy atom. The molecule has 0 radical (unpaired) electrons. The Kier molecular flexibility index (Phi) is 1.66. The van der Waals surface area contributed by atoms with Crippen molar-refractivity contribution in [2.75, 3.05) is 5.06 Å². The predicted molar refractivity (Wildman–Crippen MR) is 56.9 cm³/mol. The zero-order chi connectivity index (χ0) is 10.3. The van der Waals surface area contributed by atoms with Crippen molar-refractivity contribution in [3.8, 4) is 11.5 Å². The van der Waals surface area contributed by atoms with Gasteiger partial charge in [-0.1, -0.05) is 24.3 Å². The zero-order valence-corrected chi connectivity index (χ0v) is 7.92. The summed E-state index contributed by atoms with van der Waals surface area (Å²) in [5.41, 5.74) is 1.33. The molecule has 0 bridgehead atoms. The molecule has 74 valence electrons. The number of fused-ring (bicyclic) bond motifs is 2. The first-order valence-corrected chi connectivity index (χ1v) is 4.71. The summed E-state index contributed by atoms with van der Waals surface area (Å²) < 4.78 is 5.65. The van der Waals surface area contributed by atoms with E-state index in [-0.39, 0.29) is 0 Å². The molecule has 2 aromatic rings. The lowest BCUT2D eigenvalue weighted by molar-refractivity contribution is 0.285. The second kappa shape index (κ2) is 3.00. The van der Waals surface area contributed by atoms with Gasteiger partial charge in [0.25, 0.3) is 0 Å². The van der Waals surface area contributed by atoms with Crippen LogP contribution in [0.4, 0.5) is 11.4 Å². The molecular formula is C12H9NO2. The van der Waals surface area contributed by atoms with E-state index >= 15 is 0 Å². The molecule has 0 fully saturated rings. The van der Waals surface area contributed by atoms with Crippen LogP contribution >= 0.6 is 0 Å². The zero-order valence-electron chi connectivity index (χ0n) is 7.92. The average Bonchev–Trinajstić information content (AvgIpc) is 2.30. The molecule has 0 aliphatic carbocycles. The first-order valence-electron chi connectivity index (χ1n) is 4.71. The van der Waals surface area contributed by atoms with Crippen LogP contribution in [0.2, 0.25) is 0 Å². The van der Waals surface area contributed by atoms with Gasteiger partial charge in [0.1, 0.15) is 11.4 Å². The van der Waals surface area contributed by atoms with Gasteiger partial charge in [-0.3, -0.25) is 5.21 Å². The molecule has 3 nitrogen and oxygen atoms in total. The maximum Gasteiger partial charge on any atom is 0.153 e. The van der Waals surface area contributed by atoms with Crippen molar-refractivity contribution in [1.29, 1.82) is 0 Å². The third-order valence-electron chi connectivity index (χ3n) is 2.41. The summed E-state index contributed by atoms with van der Waals surface area (Å²) >= 11 is 0. The van der Waals surface area contributed by atoms with Crippen LogP contribution in [0.1, 0.15) is 0 Å². The number of para-hydroxylation sites is 4. The highest BCUT2D eigenvalue weighted by molar-refractivity contribution is 5.75. The molecule has 1 heterocycles. The Morgan fingerprint density at radius 2 is 1.27 bits per heavy atom. The fourth-order valence-electron chi connectivity index (χ4n) is 1.69. The van der Waals surface area contributed by atoms with E-state index in [0.717, 1.165) is 5.06 Å². The average molecular weight is 199 g/mol. The lowest BCUT2D eigenvalue weighted by atomic mass is 10.2. The van der Waals surface area contributed by atoms with E-state index in [9.17, 15) is 5.21 Å². The van der Waals surface area contributed by atoms with E-state index in [0.29, 0.717) is 22.9 Å². The van der Waals surface area contributed by atoms with Crippen molar-refractivity contribution in [1.82, 2.24) is 0 Å². The quantitative estimate of drug-likeness (QED) is 0.706. The maximum absolute atomic E-state index is 9.97. The summed E-state index contributed by atoms with van der Waals surface area (Å²) in [5.74, 6) is 1.33. The number of rotatable bonds is 0. The number of anilines is 2. The third-order valence-corrected chi connectivity index (χ3v) is 2.41. The van der Waals surface area contributed by atoms with E-state index in [1.807, 2.05) is 48.5 Å². The molecule has 0 saturated carbocycles. The largest absolute Gasteiger partial charge is 0.453 e. The maximum atomic E-state index is 9.97. The summed E-state index contributed by atoms with van der Waals surface area (Å²) in [4.78, 5) is 0. The number of benzene rings is 2. The van der Waals surface area contributed by atoms with Gasteiger partial charge in [-0.05, 0) is 24.3 Å². The SMILES string of the molecule is ON1c2ccccc2Oc2ccccc21. The minimum Gasteiger partial charge on any atom is -0.453 e. The van der Waals surface area contributed by atoms with Crippen LogP contribution in [0.25, 0.3) is 0 Å². The topological polar surface area (TPSA) is 32.7 Å². The molecule has 3 rings (SSSR count). The number of nitrogens with zero attached hydrogens (tertiary/aromatic N) is 1. The normalized spacial score (nSPS) is 12.7. The molecule has 1 N–H and O–H groups in total. The second-order valence-corrected chi connectivity index (χ2v) is 3.35. The van der Waals surface area contributed by atoms with Crippen LogP contribution in [0.15, 0.2) is 48.5 Å². The molecule has 3 heteroatoms. The molecule has 15 heavy (non-hydrogen) atoms. The number of hydrogen-bond donors (Lipinski definition) is 1. The highest BCUT2D eigenvalue weighted by Gasteiger charge is 2.21. The Labute approximate surface area is 87.1 Å². The van der Waals surface area contributed by atoms with Crippen LogP contribution in [0.5, 0.6) is 11.5 Å². The molecule has 2 aromatic carbocycles. The van der Waals surface area contributed by atoms with Crippen LogP contribution in [-0.4, -0.2) is 5.21 Å². The molecule has 0 aromatic heterocycles. The molecule has 1 aliphatic rings. The van der Waals surface area contributed by atoms with Crippen LogP contribution in [0, 0.1) is 0 Å². The van der Waals surface area contributed by atoms with Gasteiger partial charge in [-0.15, -0.1) is 0 Å². The first kappa shape index (κ1) is 8.32. The van der Waals surface area contributed by atoms with Crippen LogP contribution in [-0.2, 0) is 0 Å².